The maximum atomic E-state index is 11.3. The number of nitrogens with zero attached hydrogens (tertiary/aromatic N) is 1. The number of ether oxygens (including phenoxy) is 1. The van der Waals surface area contributed by atoms with Crippen molar-refractivity contribution in [1.29, 1.82) is 0 Å². The molecule has 0 aliphatic carbocycles. The fraction of sp³-hybridized carbons (Fsp3) is 0.0909. The first kappa shape index (κ1) is 10.4. The first-order chi connectivity index (χ1) is 7.22. The molecule has 1 heterocycles. The molecule has 2 rings (SSSR count). The van der Waals surface area contributed by atoms with Crippen LogP contribution in [0.4, 0.5) is 0 Å². The maximum absolute atomic E-state index is 11.3. The summed E-state index contributed by atoms with van der Waals surface area (Å²) in [4.78, 5) is 15.5. The average molecular weight is 313 g/mol. The van der Waals surface area contributed by atoms with Crippen LogP contribution in [-0.2, 0) is 4.74 Å². The molecule has 15 heavy (non-hydrogen) atoms. The van der Waals surface area contributed by atoms with Gasteiger partial charge in [0.1, 0.15) is 9.39 Å². The second-order valence-corrected chi connectivity index (χ2v) is 4.03. The highest BCUT2D eigenvalue weighted by atomic mass is 127. The summed E-state index contributed by atoms with van der Waals surface area (Å²) in [7, 11) is 1.35. The van der Waals surface area contributed by atoms with Crippen LogP contribution in [0.15, 0.2) is 30.3 Å². The van der Waals surface area contributed by atoms with Gasteiger partial charge in [0, 0.05) is 5.39 Å². The van der Waals surface area contributed by atoms with Gasteiger partial charge >= 0.3 is 5.97 Å². The number of fused-ring (bicyclic) bond motifs is 1. The zero-order chi connectivity index (χ0) is 10.8. The smallest absolute Gasteiger partial charge is 0.356 e. The molecule has 0 aliphatic heterocycles. The van der Waals surface area contributed by atoms with Gasteiger partial charge in [0.2, 0.25) is 0 Å². The van der Waals surface area contributed by atoms with Gasteiger partial charge in [-0.2, -0.15) is 0 Å². The Bertz CT molecular complexity index is 525. The molecule has 1 aromatic heterocycles. The molecule has 0 bridgehead atoms. The number of methoxy groups -OCH3 is 1. The molecule has 0 N–H and O–H groups in total. The third-order valence-electron chi connectivity index (χ3n) is 2.09. The normalized spacial score (nSPS) is 10.3. The minimum absolute atomic E-state index is 0.348. The fourth-order valence-electron chi connectivity index (χ4n) is 1.37. The number of esters is 1. The lowest BCUT2D eigenvalue weighted by Gasteiger charge is -2.03. The third-order valence-corrected chi connectivity index (χ3v) is 2.91. The molecule has 0 fully saturated rings. The summed E-state index contributed by atoms with van der Waals surface area (Å²) in [6, 6.07) is 9.55. The minimum Gasteiger partial charge on any atom is -0.464 e. The van der Waals surface area contributed by atoms with Crippen LogP contribution in [0.2, 0.25) is 0 Å². The Balaban J connectivity index is 2.67. The van der Waals surface area contributed by atoms with E-state index in [1.165, 1.54) is 7.11 Å². The number of hydrogen-bond donors (Lipinski definition) is 0. The maximum Gasteiger partial charge on any atom is 0.356 e. The zero-order valence-corrected chi connectivity index (χ0v) is 10.2. The lowest BCUT2D eigenvalue weighted by atomic mass is 10.1. The predicted molar refractivity (Wildman–Crippen MR) is 65.8 cm³/mol. The van der Waals surface area contributed by atoms with Crippen molar-refractivity contribution in [3.05, 3.63) is 39.7 Å². The lowest BCUT2D eigenvalue weighted by Crippen LogP contribution is -2.05. The molecule has 0 unspecified atom stereocenters. The molecule has 0 saturated heterocycles. The van der Waals surface area contributed by atoms with Gasteiger partial charge in [0.15, 0.2) is 0 Å². The summed E-state index contributed by atoms with van der Waals surface area (Å²) in [5, 5.41) is 2.04. The molecule has 0 spiro atoms. The SMILES string of the molecule is COC(=O)c1cc2ccccc2c(I)n1. The standard InChI is InChI=1S/C11H8INO2/c1-15-11(14)9-6-7-4-2-3-5-8(7)10(12)13-9/h2-6H,1H3. The summed E-state index contributed by atoms with van der Waals surface area (Å²) in [6.07, 6.45) is 0. The van der Waals surface area contributed by atoms with Crippen LogP contribution in [0.1, 0.15) is 10.5 Å². The quantitative estimate of drug-likeness (QED) is 0.461. The van der Waals surface area contributed by atoms with E-state index >= 15 is 0 Å². The van der Waals surface area contributed by atoms with Crippen molar-refractivity contribution in [2.45, 2.75) is 0 Å². The number of benzene rings is 1. The van der Waals surface area contributed by atoms with Gasteiger partial charge in [-0.25, -0.2) is 9.78 Å². The number of rotatable bonds is 1. The number of hydrogen-bond acceptors (Lipinski definition) is 3. The number of carbonyl (C=O) groups is 1. The van der Waals surface area contributed by atoms with Gasteiger partial charge in [0.05, 0.1) is 7.11 Å². The van der Waals surface area contributed by atoms with E-state index in [1.54, 1.807) is 6.07 Å². The molecular weight excluding hydrogens is 305 g/mol. The second-order valence-electron chi connectivity index (χ2n) is 3.01. The molecule has 4 heteroatoms. The lowest BCUT2D eigenvalue weighted by molar-refractivity contribution is 0.0594. The van der Waals surface area contributed by atoms with Gasteiger partial charge in [-0.05, 0) is 34.0 Å². The van der Waals surface area contributed by atoms with Crippen molar-refractivity contribution in [2.24, 2.45) is 0 Å². The molecule has 0 radical (unpaired) electrons. The highest BCUT2D eigenvalue weighted by Gasteiger charge is 2.10. The van der Waals surface area contributed by atoms with E-state index in [2.05, 4.69) is 32.3 Å². The molecule has 0 atom stereocenters. The Labute approximate surface area is 101 Å². The average Bonchev–Trinajstić information content (AvgIpc) is 2.28. The van der Waals surface area contributed by atoms with E-state index in [0.29, 0.717) is 5.69 Å². The monoisotopic (exact) mass is 313 g/mol. The van der Waals surface area contributed by atoms with Gasteiger partial charge in [-0.15, -0.1) is 0 Å². The van der Waals surface area contributed by atoms with Crippen molar-refractivity contribution in [3.8, 4) is 0 Å². The Hall–Kier alpha value is -1.17. The van der Waals surface area contributed by atoms with Crippen molar-refractivity contribution in [2.75, 3.05) is 7.11 Å². The van der Waals surface area contributed by atoms with Gasteiger partial charge in [0.25, 0.3) is 0 Å². The summed E-state index contributed by atoms with van der Waals surface area (Å²) in [5.74, 6) is -0.404. The van der Waals surface area contributed by atoms with E-state index in [-0.39, 0.29) is 0 Å². The van der Waals surface area contributed by atoms with Gasteiger partial charge in [-0.3, -0.25) is 0 Å². The van der Waals surface area contributed by atoms with E-state index < -0.39 is 5.97 Å². The highest BCUT2D eigenvalue weighted by molar-refractivity contribution is 14.1. The molecule has 2 aromatic rings. The third kappa shape index (κ3) is 1.94. The number of carbonyl (C=O) groups excluding carboxylic acids is 1. The summed E-state index contributed by atoms with van der Waals surface area (Å²) >= 11 is 2.11. The molecule has 1 aromatic carbocycles. The number of aromatic nitrogens is 1. The van der Waals surface area contributed by atoms with Crippen molar-refractivity contribution < 1.29 is 9.53 Å². The van der Waals surface area contributed by atoms with Gasteiger partial charge < -0.3 is 4.74 Å². The van der Waals surface area contributed by atoms with Gasteiger partial charge in [-0.1, -0.05) is 24.3 Å². The van der Waals surface area contributed by atoms with Crippen molar-refractivity contribution in [3.63, 3.8) is 0 Å². The second kappa shape index (κ2) is 4.14. The molecule has 3 nitrogen and oxygen atoms in total. The van der Waals surface area contributed by atoms with Crippen LogP contribution < -0.4 is 0 Å². The van der Waals surface area contributed by atoms with Crippen LogP contribution in [0, 0.1) is 3.70 Å². The van der Waals surface area contributed by atoms with Crippen LogP contribution in [-0.4, -0.2) is 18.1 Å². The Kier molecular flexibility index (Phi) is 2.86. The van der Waals surface area contributed by atoms with E-state index in [9.17, 15) is 4.79 Å². The first-order valence-electron chi connectivity index (χ1n) is 4.36. The van der Waals surface area contributed by atoms with E-state index in [0.717, 1.165) is 14.5 Å². The first-order valence-corrected chi connectivity index (χ1v) is 5.44. The Morgan fingerprint density at radius 3 is 2.87 bits per heavy atom. The summed E-state index contributed by atoms with van der Waals surface area (Å²) in [5.41, 5.74) is 0.348. The number of pyridine rings is 1. The van der Waals surface area contributed by atoms with Crippen molar-refractivity contribution >= 4 is 39.3 Å². The van der Waals surface area contributed by atoms with E-state index in [4.69, 9.17) is 0 Å². The largest absolute Gasteiger partial charge is 0.464 e. The van der Waals surface area contributed by atoms with E-state index in [1.807, 2.05) is 24.3 Å². The molecule has 0 saturated carbocycles. The number of halogens is 1. The van der Waals surface area contributed by atoms with Crippen LogP contribution in [0.5, 0.6) is 0 Å². The molecule has 0 amide bonds. The van der Waals surface area contributed by atoms with Crippen LogP contribution in [0.25, 0.3) is 10.8 Å². The minimum atomic E-state index is -0.404. The summed E-state index contributed by atoms with van der Waals surface area (Å²) < 4.78 is 5.45. The molecule has 76 valence electrons. The highest BCUT2D eigenvalue weighted by Crippen LogP contribution is 2.20. The predicted octanol–water partition coefficient (Wildman–Crippen LogP) is 2.63. The van der Waals surface area contributed by atoms with Crippen molar-refractivity contribution in [1.82, 2.24) is 4.98 Å². The molecule has 0 aliphatic rings. The van der Waals surface area contributed by atoms with Crippen LogP contribution >= 0.6 is 22.6 Å². The Morgan fingerprint density at radius 2 is 2.13 bits per heavy atom. The summed E-state index contributed by atoms with van der Waals surface area (Å²) in [6.45, 7) is 0. The topological polar surface area (TPSA) is 39.2 Å². The fourth-order valence-corrected chi connectivity index (χ4v) is 2.12. The Morgan fingerprint density at radius 1 is 1.40 bits per heavy atom. The molecular formula is C11H8INO2. The van der Waals surface area contributed by atoms with Crippen LogP contribution in [0.3, 0.4) is 0 Å². The zero-order valence-electron chi connectivity index (χ0n) is 8.03.